The average Bonchev–Trinajstić information content (AvgIpc) is 3.01. The predicted octanol–water partition coefficient (Wildman–Crippen LogP) is 3.49. The summed E-state index contributed by atoms with van der Waals surface area (Å²) < 4.78 is 0. The van der Waals surface area contributed by atoms with Gasteiger partial charge in [0.1, 0.15) is 0 Å². The zero-order valence-electron chi connectivity index (χ0n) is 13.8. The van der Waals surface area contributed by atoms with Crippen LogP contribution in [0.3, 0.4) is 0 Å². The van der Waals surface area contributed by atoms with Crippen molar-refractivity contribution in [1.29, 1.82) is 0 Å². The molecule has 1 saturated heterocycles. The van der Waals surface area contributed by atoms with E-state index in [1.165, 1.54) is 51.4 Å². The zero-order chi connectivity index (χ0) is 14.9. The van der Waals surface area contributed by atoms with Crippen LogP contribution in [0.4, 0.5) is 0 Å². The first-order valence-corrected chi connectivity index (χ1v) is 9.23. The van der Waals surface area contributed by atoms with Crippen molar-refractivity contribution in [2.45, 2.75) is 71.1 Å². The molecule has 2 fully saturated rings. The van der Waals surface area contributed by atoms with Crippen LogP contribution in [0.5, 0.6) is 0 Å². The normalized spacial score (nSPS) is 24.9. The van der Waals surface area contributed by atoms with E-state index in [-0.39, 0.29) is 5.91 Å². The highest BCUT2D eigenvalue weighted by molar-refractivity contribution is 5.76. The summed E-state index contributed by atoms with van der Waals surface area (Å²) in [4.78, 5) is 12.0. The Bertz CT molecular complexity index is 294. The Morgan fingerprint density at radius 3 is 2.71 bits per heavy atom. The van der Waals surface area contributed by atoms with E-state index >= 15 is 0 Å². The Kier molecular flexibility index (Phi) is 7.56. The standard InChI is InChI=1S/C18H34N2O/c1-15(17-10-6-11-19-14-17)13-18(21)20-12-5-4-9-16-7-2-3-8-16/h15-17,19H,2-14H2,1H3,(H,20,21). The molecule has 0 aromatic heterocycles. The van der Waals surface area contributed by atoms with Gasteiger partial charge >= 0.3 is 0 Å². The summed E-state index contributed by atoms with van der Waals surface area (Å²) in [6.45, 7) is 5.35. The number of rotatable bonds is 8. The number of unbranched alkanes of at least 4 members (excludes halogenated alkanes) is 1. The summed E-state index contributed by atoms with van der Waals surface area (Å²) in [7, 11) is 0. The van der Waals surface area contributed by atoms with E-state index in [1.807, 2.05) is 0 Å². The van der Waals surface area contributed by atoms with Gasteiger partial charge in [0.15, 0.2) is 0 Å². The molecule has 0 radical (unpaired) electrons. The molecule has 2 atom stereocenters. The molecule has 0 bridgehead atoms. The van der Waals surface area contributed by atoms with Gasteiger partial charge in [0.25, 0.3) is 0 Å². The molecule has 1 heterocycles. The minimum Gasteiger partial charge on any atom is -0.356 e. The van der Waals surface area contributed by atoms with E-state index in [4.69, 9.17) is 0 Å². The van der Waals surface area contributed by atoms with Crippen LogP contribution in [-0.4, -0.2) is 25.5 Å². The minimum absolute atomic E-state index is 0.258. The van der Waals surface area contributed by atoms with E-state index < -0.39 is 0 Å². The number of nitrogens with one attached hydrogen (secondary N) is 2. The first-order valence-electron chi connectivity index (χ1n) is 9.23. The molecule has 1 amide bonds. The third-order valence-corrected chi connectivity index (χ3v) is 5.48. The monoisotopic (exact) mass is 294 g/mol. The molecule has 2 N–H and O–H groups in total. The Morgan fingerprint density at radius 2 is 2.00 bits per heavy atom. The van der Waals surface area contributed by atoms with Crippen LogP contribution in [0.1, 0.15) is 71.1 Å². The molecule has 2 unspecified atom stereocenters. The van der Waals surface area contributed by atoms with Crippen molar-refractivity contribution >= 4 is 5.91 Å². The molecule has 0 aromatic rings. The molecule has 1 aliphatic heterocycles. The van der Waals surface area contributed by atoms with Crippen molar-refractivity contribution in [2.75, 3.05) is 19.6 Å². The Morgan fingerprint density at radius 1 is 1.19 bits per heavy atom. The van der Waals surface area contributed by atoms with Crippen LogP contribution in [0, 0.1) is 17.8 Å². The summed E-state index contributed by atoms with van der Waals surface area (Å²) in [6, 6.07) is 0. The molecular weight excluding hydrogens is 260 g/mol. The SMILES string of the molecule is CC(CC(=O)NCCCCC1CCCC1)C1CCCNC1. The van der Waals surface area contributed by atoms with Crippen molar-refractivity contribution in [1.82, 2.24) is 10.6 Å². The second-order valence-electron chi connectivity index (χ2n) is 7.28. The highest BCUT2D eigenvalue weighted by atomic mass is 16.1. The molecule has 21 heavy (non-hydrogen) atoms. The van der Waals surface area contributed by atoms with Gasteiger partial charge in [-0.05, 0) is 50.1 Å². The van der Waals surface area contributed by atoms with E-state index in [1.54, 1.807) is 0 Å². The molecule has 3 heteroatoms. The van der Waals surface area contributed by atoms with Crippen molar-refractivity contribution in [3.8, 4) is 0 Å². The molecule has 1 saturated carbocycles. The lowest BCUT2D eigenvalue weighted by molar-refractivity contribution is -0.122. The third-order valence-electron chi connectivity index (χ3n) is 5.48. The van der Waals surface area contributed by atoms with Gasteiger partial charge in [-0.25, -0.2) is 0 Å². The summed E-state index contributed by atoms with van der Waals surface area (Å²) in [5, 5.41) is 6.56. The second-order valence-corrected chi connectivity index (χ2v) is 7.28. The third kappa shape index (κ3) is 6.37. The lowest BCUT2D eigenvalue weighted by Crippen LogP contribution is -2.35. The van der Waals surface area contributed by atoms with Gasteiger partial charge in [-0.1, -0.05) is 45.4 Å². The lowest BCUT2D eigenvalue weighted by atomic mass is 9.85. The summed E-state index contributed by atoms with van der Waals surface area (Å²) >= 11 is 0. The lowest BCUT2D eigenvalue weighted by Gasteiger charge is -2.28. The minimum atomic E-state index is 0.258. The summed E-state index contributed by atoms with van der Waals surface area (Å²) in [5.74, 6) is 2.44. The number of amides is 1. The first kappa shape index (κ1) is 16.8. The molecule has 2 rings (SSSR count). The fraction of sp³-hybridized carbons (Fsp3) is 0.944. The topological polar surface area (TPSA) is 41.1 Å². The van der Waals surface area contributed by atoms with Crippen LogP contribution in [-0.2, 0) is 4.79 Å². The quantitative estimate of drug-likeness (QED) is 0.673. The average molecular weight is 294 g/mol. The predicted molar refractivity (Wildman–Crippen MR) is 88.2 cm³/mol. The fourth-order valence-corrected chi connectivity index (χ4v) is 3.98. The van der Waals surface area contributed by atoms with Crippen LogP contribution in [0.25, 0.3) is 0 Å². The smallest absolute Gasteiger partial charge is 0.220 e. The van der Waals surface area contributed by atoms with E-state index in [2.05, 4.69) is 17.6 Å². The van der Waals surface area contributed by atoms with Crippen molar-refractivity contribution < 1.29 is 4.79 Å². The largest absolute Gasteiger partial charge is 0.356 e. The molecule has 3 nitrogen and oxygen atoms in total. The van der Waals surface area contributed by atoms with Gasteiger partial charge in [-0.3, -0.25) is 4.79 Å². The maximum absolute atomic E-state index is 12.0. The highest BCUT2D eigenvalue weighted by Gasteiger charge is 2.21. The van der Waals surface area contributed by atoms with Gasteiger partial charge < -0.3 is 10.6 Å². The van der Waals surface area contributed by atoms with Gasteiger partial charge in [0, 0.05) is 13.0 Å². The Hall–Kier alpha value is -0.570. The van der Waals surface area contributed by atoms with Crippen LogP contribution in [0.15, 0.2) is 0 Å². The summed E-state index contributed by atoms with van der Waals surface area (Å²) in [5.41, 5.74) is 0. The zero-order valence-corrected chi connectivity index (χ0v) is 13.8. The molecule has 1 aliphatic carbocycles. The highest BCUT2D eigenvalue weighted by Crippen LogP contribution is 2.28. The first-order chi connectivity index (χ1) is 10.3. The Balaban J connectivity index is 1.48. The molecule has 0 spiro atoms. The van der Waals surface area contributed by atoms with Gasteiger partial charge in [0.2, 0.25) is 5.91 Å². The molecule has 122 valence electrons. The van der Waals surface area contributed by atoms with Crippen molar-refractivity contribution in [3.63, 3.8) is 0 Å². The van der Waals surface area contributed by atoms with Gasteiger partial charge in [0.05, 0.1) is 0 Å². The van der Waals surface area contributed by atoms with Crippen LogP contribution >= 0.6 is 0 Å². The molecular formula is C18H34N2O. The van der Waals surface area contributed by atoms with E-state index in [0.717, 1.165) is 32.0 Å². The number of hydrogen-bond acceptors (Lipinski definition) is 2. The summed E-state index contributed by atoms with van der Waals surface area (Å²) in [6.07, 6.45) is 12.8. The maximum atomic E-state index is 12.0. The number of piperidine rings is 1. The Labute approximate surface area is 130 Å². The van der Waals surface area contributed by atoms with Crippen LogP contribution < -0.4 is 10.6 Å². The fourth-order valence-electron chi connectivity index (χ4n) is 3.98. The van der Waals surface area contributed by atoms with Gasteiger partial charge in [-0.15, -0.1) is 0 Å². The number of carbonyl (C=O) groups excluding carboxylic acids is 1. The van der Waals surface area contributed by atoms with Gasteiger partial charge in [-0.2, -0.15) is 0 Å². The second kappa shape index (κ2) is 9.45. The van der Waals surface area contributed by atoms with E-state index in [9.17, 15) is 4.79 Å². The van der Waals surface area contributed by atoms with Crippen LogP contribution in [0.2, 0.25) is 0 Å². The molecule has 0 aromatic carbocycles. The van der Waals surface area contributed by atoms with E-state index in [0.29, 0.717) is 18.3 Å². The van der Waals surface area contributed by atoms with Crippen molar-refractivity contribution in [3.05, 3.63) is 0 Å². The molecule has 2 aliphatic rings. The maximum Gasteiger partial charge on any atom is 0.220 e. The van der Waals surface area contributed by atoms with Crippen molar-refractivity contribution in [2.24, 2.45) is 17.8 Å². The number of hydrogen-bond donors (Lipinski definition) is 2. The number of carbonyl (C=O) groups is 1.